The van der Waals surface area contributed by atoms with Gasteiger partial charge in [-0.3, -0.25) is 0 Å². The molecule has 0 radical (unpaired) electrons. The van der Waals surface area contributed by atoms with Gasteiger partial charge >= 0.3 is 6.18 Å². The van der Waals surface area contributed by atoms with E-state index < -0.39 is 17.8 Å². The number of hydrogen-bond donors (Lipinski definition) is 2. The minimum atomic E-state index is -4.80. The zero-order chi connectivity index (χ0) is 20.8. The van der Waals surface area contributed by atoms with Crippen molar-refractivity contribution < 1.29 is 23.0 Å². The third-order valence-corrected chi connectivity index (χ3v) is 4.54. The lowest BCUT2D eigenvalue weighted by Gasteiger charge is -2.25. The van der Waals surface area contributed by atoms with Crippen LogP contribution in [-0.2, 0) is 6.18 Å². The van der Waals surface area contributed by atoms with Crippen LogP contribution >= 0.6 is 0 Å². The predicted molar refractivity (Wildman–Crippen MR) is 96.0 cm³/mol. The van der Waals surface area contributed by atoms with Crippen molar-refractivity contribution in [2.45, 2.75) is 12.1 Å². The molecule has 9 heteroatoms. The number of alkyl halides is 3. The summed E-state index contributed by atoms with van der Waals surface area (Å²) in [4.78, 5) is 0. The molecule has 0 saturated carbocycles. The normalized spacial score (nSPS) is 16.1. The van der Waals surface area contributed by atoms with Crippen LogP contribution in [0.4, 0.5) is 13.2 Å². The number of ether oxygens (including phenoxy) is 1. The Hall–Kier alpha value is -3.93. The van der Waals surface area contributed by atoms with Crippen LogP contribution < -0.4 is 10.5 Å². The number of aromatic hydroxyl groups is 1. The Morgan fingerprint density at radius 2 is 1.76 bits per heavy atom. The van der Waals surface area contributed by atoms with E-state index in [-0.39, 0.29) is 28.6 Å². The van der Waals surface area contributed by atoms with Crippen molar-refractivity contribution in [3.63, 3.8) is 0 Å². The number of aromatic nitrogens is 2. The zero-order valence-corrected chi connectivity index (χ0v) is 14.7. The van der Waals surface area contributed by atoms with Crippen LogP contribution in [0.15, 0.2) is 66.1 Å². The molecule has 0 aliphatic carbocycles. The second-order valence-corrected chi connectivity index (χ2v) is 6.33. The smallest absolute Gasteiger partial charge is 0.435 e. The van der Waals surface area contributed by atoms with E-state index >= 15 is 0 Å². The maximum atomic E-state index is 13.9. The summed E-state index contributed by atoms with van der Waals surface area (Å²) in [6.45, 7) is 0. The summed E-state index contributed by atoms with van der Waals surface area (Å²) in [6, 6.07) is 15.5. The topological polar surface area (TPSA) is 97.1 Å². The van der Waals surface area contributed by atoms with Crippen LogP contribution in [0, 0.1) is 11.3 Å². The number of para-hydroxylation sites is 1. The average Bonchev–Trinajstić information content (AvgIpc) is 3.08. The van der Waals surface area contributed by atoms with Crippen LogP contribution in [0.5, 0.6) is 11.6 Å². The Morgan fingerprint density at radius 3 is 2.34 bits per heavy atom. The third kappa shape index (κ3) is 3.04. The maximum Gasteiger partial charge on any atom is 0.435 e. The Balaban J connectivity index is 2.04. The number of nitriles is 1. The second kappa shape index (κ2) is 6.60. The van der Waals surface area contributed by atoms with E-state index in [1.54, 1.807) is 30.3 Å². The van der Waals surface area contributed by atoms with E-state index in [0.717, 1.165) is 4.68 Å². The van der Waals surface area contributed by atoms with Gasteiger partial charge in [0, 0.05) is 0 Å². The zero-order valence-electron chi connectivity index (χ0n) is 14.7. The van der Waals surface area contributed by atoms with Gasteiger partial charge in [-0.2, -0.15) is 28.2 Å². The van der Waals surface area contributed by atoms with Gasteiger partial charge in [0.05, 0.1) is 17.2 Å². The Bertz CT molecular complexity index is 1140. The molecule has 0 spiro atoms. The highest BCUT2D eigenvalue weighted by Gasteiger charge is 2.46. The minimum Gasteiger partial charge on any atom is -0.508 e. The standard InChI is InChI=1S/C20H13F3N4O2/c21-20(22,23)17-16-15(11-6-8-13(28)9-7-11)14(10-24)18(25)29-19(16)27(26-17)12-4-2-1-3-5-12/h1-9,15,28H,25H2/t15-/m0/s1. The molecule has 1 aliphatic heterocycles. The van der Waals surface area contributed by atoms with Crippen LogP contribution in [0.2, 0.25) is 0 Å². The largest absolute Gasteiger partial charge is 0.508 e. The summed E-state index contributed by atoms with van der Waals surface area (Å²) in [6.07, 6.45) is -4.80. The molecule has 1 aliphatic rings. The highest BCUT2D eigenvalue weighted by atomic mass is 19.4. The molecule has 146 valence electrons. The third-order valence-electron chi connectivity index (χ3n) is 4.54. The fraction of sp³-hybridized carbons (Fsp3) is 0.100. The van der Waals surface area contributed by atoms with Crippen molar-refractivity contribution in [3.05, 3.63) is 82.9 Å². The van der Waals surface area contributed by atoms with E-state index in [1.165, 1.54) is 24.3 Å². The van der Waals surface area contributed by atoms with Gasteiger partial charge in [0.2, 0.25) is 11.8 Å². The van der Waals surface area contributed by atoms with Gasteiger partial charge in [-0.15, -0.1) is 0 Å². The lowest BCUT2D eigenvalue weighted by molar-refractivity contribution is -0.142. The molecule has 0 bridgehead atoms. The number of rotatable bonds is 2. The van der Waals surface area contributed by atoms with Crippen molar-refractivity contribution in [2.24, 2.45) is 5.73 Å². The number of phenols is 1. The summed E-state index contributed by atoms with van der Waals surface area (Å²) in [5.74, 6) is -1.73. The first-order valence-electron chi connectivity index (χ1n) is 8.43. The maximum absolute atomic E-state index is 13.9. The molecule has 2 heterocycles. The van der Waals surface area contributed by atoms with Gasteiger partial charge in [-0.05, 0) is 29.8 Å². The highest BCUT2D eigenvalue weighted by Crippen LogP contribution is 2.48. The van der Waals surface area contributed by atoms with E-state index in [1.807, 2.05) is 6.07 Å². The Labute approximate surface area is 162 Å². The molecule has 29 heavy (non-hydrogen) atoms. The first kappa shape index (κ1) is 18.4. The highest BCUT2D eigenvalue weighted by molar-refractivity contribution is 5.58. The van der Waals surface area contributed by atoms with E-state index in [2.05, 4.69) is 5.10 Å². The molecule has 6 nitrogen and oxygen atoms in total. The molecular formula is C20H13F3N4O2. The van der Waals surface area contributed by atoms with Crippen LogP contribution in [-0.4, -0.2) is 14.9 Å². The molecule has 1 atom stereocenters. The molecule has 0 amide bonds. The first-order valence-corrected chi connectivity index (χ1v) is 8.43. The van der Waals surface area contributed by atoms with Crippen LogP contribution in [0.25, 0.3) is 5.69 Å². The Kier molecular flexibility index (Phi) is 4.19. The van der Waals surface area contributed by atoms with Gasteiger partial charge < -0.3 is 15.6 Å². The molecule has 0 saturated heterocycles. The average molecular weight is 398 g/mol. The fourth-order valence-corrected chi connectivity index (χ4v) is 3.29. The summed E-state index contributed by atoms with van der Waals surface area (Å²) < 4.78 is 48.1. The molecule has 2 aromatic carbocycles. The quantitative estimate of drug-likeness (QED) is 0.684. The van der Waals surface area contributed by atoms with E-state index in [0.29, 0.717) is 11.3 Å². The number of fused-ring (bicyclic) bond motifs is 1. The number of nitrogens with two attached hydrogens (primary N) is 1. The fourth-order valence-electron chi connectivity index (χ4n) is 3.29. The lowest BCUT2D eigenvalue weighted by atomic mass is 9.84. The summed E-state index contributed by atoms with van der Waals surface area (Å²) in [7, 11) is 0. The van der Waals surface area contributed by atoms with Crippen molar-refractivity contribution >= 4 is 0 Å². The van der Waals surface area contributed by atoms with Crippen molar-refractivity contribution in [3.8, 4) is 23.4 Å². The van der Waals surface area contributed by atoms with Gasteiger partial charge in [-0.25, -0.2) is 0 Å². The molecule has 1 aromatic heterocycles. The number of nitrogens with zero attached hydrogens (tertiary/aromatic N) is 3. The van der Waals surface area contributed by atoms with E-state index in [9.17, 15) is 23.5 Å². The minimum absolute atomic E-state index is 0.0625. The second-order valence-electron chi connectivity index (χ2n) is 6.33. The number of phenolic OH excluding ortho intramolecular Hbond substituents is 1. The number of allylic oxidation sites excluding steroid dienone is 1. The number of benzene rings is 2. The van der Waals surface area contributed by atoms with Gasteiger partial charge in [0.25, 0.3) is 0 Å². The van der Waals surface area contributed by atoms with Crippen molar-refractivity contribution in [1.29, 1.82) is 5.26 Å². The summed E-state index contributed by atoms with van der Waals surface area (Å²) in [5.41, 5.74) is 4.93. The first-order chi connectivity index (χ1) is 13.8. The molecule has 3 aromatic rings. The van der Waals surface area contributed by atoms with E-state index in [4.69, 9.17) is 10.5 Å². The monoisotopic (exact) mass is 398 g/mol. The summed E-state index contributed by atoms with van der Waals surface area (Å²) in [5, 5.41) is 22.9. The van der Waals surface area contributed by atoms with Gasteiger partial charge in [0.1, 0.15) is 17.4 Å². The van der Waals surface area contributed by atoms with Gasteiger partial charge in [0.15, 0.2) is 5.69 Å². The Morgan fingerprint density at radius 1 is 1.10 bits per heavy atom. The SMILES string of the molecule is N#CC1=C(N)Oc2c(c(C(F)(F)F)nn2-c2ccccc2)[C@H]1c1ccc(O)cc1. The molecule has 0 fully saturated rings. The van der Waals surface area contributed by atoms with Crippen molar-refractivity contribution in [2.75, 3.05) is 0 Å². The molecule has 0 unspecified atom stereocenters. The van der Waals surface area contributed by atoms with Crippen LogP contribution in [0.1, 0.15) is 22.7 Å². The molecular weight excluding hydrogens is 385 g/mol. The molecule has 3 N–H and O–H groups in total. The summed E-state index contributed by atoms with van der Waals surface area (Å²) >= 11 is 0. The predicted octanol–water partition coefficient (Wildman–Crippen LogP) is 3.81. The lowest BCUT2D eigenvalue weighted by Crippen LogP contribution is -2.23. The number of halogens is 3. The molecule has 4 rings (SSSR count). The van der Waals surface area contributed by atoms with Crippen LogP contribution in [0.3, 0.4) is 0 Å². The van der Waals surface area contributed by atoms with Crippen molar-refractivity contribution in [1.82, 2.24) is 9.78 Å². The number of hydrogen-bond acceptors (Lipinski definition) is 5. The van der Waals surface area contributed by atoms with Gasteiger partial charge in [-0.1, -0.05) is 30.3 Å².